The van der Waals surface area contributed by atoms with Gasteiger partial charge in [-0.2, -0.15) is 4.31 Å². The molecule has 0 aromatic heterocycles. The number of sulfonamides is 1. The number of piperidine rings is 1. The van der Waals surface area contributed by atoms with Gasteiger partial charge in [-0.3, -0.25) is 9.59 Å². The number of rotatable bonds is 6. The van der Waals surface area contributed by atoms with Gasteiger partial charge in [-0.05, 0) is 62.1 Å². The van der Waals surface area contributed by atoms with Gasteiger partial charge >= 0.3 is 0 Å². The van der Waals surface area contributed by atoms with Gasteiger partial charge in [0, 0.05) is 19.1 Å². The van der Waals surface area contributed by atoms with E-state index in [2.05, 4.69) is 10.6 Å². The summed E-state index contributed by atoms with van der Waals surface area (Å²) in [6.45, 7) is 0.325. The zero-order valence-electron chi connectivity index (χ0n) is 19.0. The molecule has 7 nitrogen and oxygen atoms in total. The number of hydrogen-bond acceptors (Lipinski definition) is 4. The quantitative estimate of drug-likeness (QED) is 0.646. The van der Waals surface area contributed by atoms with Crippen LogP contribution < -0.4 is 10.6 Å². The third kappa shape index (κ3) is 5.64. The molecule has 1 saturated carbocycles. The predicted molar refractivity (Wildman–Crippen MR) is 127 cm³/mol. The Labute approximate surface area is 199 Å². The first-order chi connectivity index (χ1) is 16.3. The largest absolute Gasteiger partial charge is 0.349 e. The number of nitrogens with zero attached hydrogens (tertiary/aromatic N) is 1. The standard InChI is InChI=1S/C25H30FN3O4S/c26-19-12-14-21(15-13-19)34(32,33)29-16-6-7-18(17-29)24(30)28-23-11-5-4-10-22(23)25(31)27-20-8-2-1-3-9-20/h4-5,10-15,18,20H,1-3,6-9,16-17H2,(H,27,31)(H,28,30). The molecule has 34 heavy (non-hydrogen) atoms. The molecule has 1 unspecified atom stereocenters. The number of carbonyl (C=O) groups is 2. The average molecular weight is 488 g/mol. The van der Waals surface area contributed by atoms with Crippen LogP contribution in [0.25, 0.3) is 0 Å². The van der Waals surface area contributed by atoms with Crippen LogP contribution in [-0.4, -0.2) is 43.7 Å². The molecule has 0 bridgehead atoms. The number of amides is 2. The summed E-state index contributed by atoms with van der Waals surface area (Å²) in [4.78, 5) is 26.0. The first-order valence-corrected chi connectivity index (χ1v) is 13.2. The lowest BCUT2D eigenvalue weighted by atomic mass is 9.95. The fraction of sp³-hybridized carbons (Fsp3) is 0.440. The van der Waals surface area contributed by atoms with E-state index in [9.17, 15) is 22.4 Å². The van der Waals surface area contributed by atoms with E-state index < -0.39 is 21.8 Å². The van der Waals surface area contributed by atoms with Gasteiger partial charge in [0.1, 0.15) is 5.82 Å². The van der Waals surface area contributed by atoms with Gasteiger partial charge in [0.05, 0.1) is 22.1 Å². The van der Waals surface area contributed by atoms with Gasteiger partial charge in [-0.15, -0.1) is 0 Å². The Morgan fingerprint density at radius 1 is 0.912 bits per heavy atom. The molecular formula is C25H30FN3O4S. The predicted octanol–water partition coefficient (Wildman–Crippen LogP) is 3.93. The number of hydrogen-bond donors (Lipinski definition) is 2. The molecule has 2 amide bonds. The maximum Gasteiger partial charge on any atom is 0.253 e. The van der Waals surface area contributed by atoms with Crippen LogP contribution in [0.5, 0.6) is 0 Å². The Balaban J connectivity index is 1.43. The van der Waals surface area contributed by atoms with Gasteiger partial charge in [0.15, 0.2) is 0 Å². The second kappa shape index (κ2) is 10.7. The van der Waals surface area contributed by atoms with Gasteiger partial charge in [-0.1, -0.05) is 31.4 Å². The highest BCUT2D eigenvalue weighted by atomic mass is 32.2. The van der Waals surface area contributed by atoms with Gasteiger partial charge in [0.2, 0.25) is 15.9 Å². The molecule has 4 rings (SSSR count). The highest BCUT2D eigenvalue weighted by molar-refractivity contribution is 7.89. The van der Waals surface area contributed by atoms with E-state index >= 15 is 0 Å². The molecule has 2 aliphatic rings. The van der Waals surface area contributed by atoms with Crippen molar-refractivity contribution >= 4 is 27.5 Å². The molecule has 2 fully saturated rings. The fourth-order valence-electron chi connectivity index (χ4n) is 4.67. The van der Waals surface area contributed by atoms with Crippen molar-refractivity contribution in [2.24, 2.45) is 5.92 Å². The van der Waals surface area contributed by atoms with Crippen LogP contribution >= 0.6 is 0 Å². The minimum absolute atomic E-state index is 0.000289. The van der Waals surface area contributed by atoms with Crippen molar-refractivity contribution in [3.05, 3.63) is 59.9 Å². The molecule has 1 aliphatic carbocycles. The molecule has 0 radical (unpaired) electrons. The lowest BCUT2D eigenvalue weighted by Gasteiger charge is -2.31. The molecule has 9 heteroatoms. The summed E-state index contributed by atoms with van der Waals surface area (Å²) in [5, 5.41) is 5.92. The average Bonchev–Trinajstić information content (AvgIpc) is 2.85. The van der Waals surface area contributed by atoms with Crippen molar-refractivity contribution in [2.45, 2.75) is 55.9 Å². The Kier molecular flexibility index (Phi) is 7.63. The second-order valence-corrected chi connectivity index (χ2v) is 10.9. The molecule has 2 N–H and O–H groups in total. The number of benzene rings is 2. The topological polar surface area (TPSA) is 95.6 Å². The SMILES string of the molecule is O=C(NC1CCCCC1)c1ccccc1NC(=O)C1CCCN(S(=O)(=O)c2ccc(F)cc2)C1. The summed E-state index contributed by atoms with van der Waals surface area (Å²) < 4.78 is 40.4. The normalized spacial score (nSPS) is 20.0. The van der Waals surface area contributed by atoms with Gasteiger partial charge in [0.25, 0.3) is 5.91 Å². The number of nitrogens with one attached hydrogen (secondary N) is 2. The smallest absolute Gasteiger partial charge is 0.253 e. The van der Waals surface area contributed by atoms with E-state index in [1.54, 1.807) is 24.3 Å². The summed E-state index contributed by atoms with van der Waals surface area (Å²) in [5.74, 6) is -1.61. The minimum Gasteiger partial charge on any atom is -0.349 e. The van der Waals surface area contributed by atoms with E-state index in [0.29, 0.717) is 30.6 Å². The van der Waals surface area contributed by atoms with Gasteiger partial charge in [-0.25, -0.2) is 12.8 Å². The fourth-order valence-corrected chi connectivity index (χ4v) is 6.19. The highest BCUT2D eigenvalue weighted by Crippen LogP contribution is 2.26. The number of anilines is 1. The molecule has 2 aromatic rings. The van der Waals surface area contributed by atoms with E-state index in [1.165, 1.54) is 22.9 Å². The summed E-state index contributed by atoms with van der Waals surface area (Å²) in [6.07, 6.45) is 6.38. The third-order valence-electron chi connectivity index (χ3n) is 6.58. The van der Waals surface area contributed by atoms with Crippen LogP contribution in [0.2, 0.25) is 0 Å². The molecule has 1 atom stereocenters. The van der Waals surface area contributed by atoms with Crippen molar-refractivity contribution in [1.29, 1.82) is 0 Å². The summed E-state index contributed by atoms with van der Waals surface area (Å²) in [6, 6.07) is 11.7. The summed E-state index contributed by atoms with van der Waals surface area (Å²) in [5.41, 5.74) is 0.812. The molecule has 1 saturated heterocycles. The molecule has 1 heterocycles. The van der Waals surface area contributed by atoms with Crippen LogP contribution in [0.4, 0.5) is 10.1 Å². The van der Waals surface area contributed by atoms with Crippen LogP contribution in [0.3, 0.4) is 0 Å². The molecular weight excluding hydrogens is 457 g/mol. The van der Waals surface area contributed by atoms with Crippen molar-refractivity contribution in [2.75, 3.05) is 18.4 Å². The molecule has 182 valence electrons. The van der Waals surface area contributed by atoms with E-state index in [4.69, 9.17) is 0 Å². The Hall–Kier alpha value is -2.78. The van der Waals surface area contributed by atoms with Crippen LogP contribution in [-0.2, 0) is 14.8 Å². The van der Waals surface area contributed by atoms with E-state index in [0.717, 1.165) is 37.8 Å². The lowest BCUT2D eigenvalue weighted by molar-refractivity contribution is -0.120. The van der Waals surface area contributed by atoms with Crippen molar-refractivity contribution < 1.29 is 22.4 Å². The van der Waals surface area contributed by atoms with Crippen LogP contribution in [0.15, 0.2) is 53.4 Å². The van der Waals surface area contributed by atoms with Crippen molar-refractivity contribution in [1.82, 2.24) is 9.62 Å². The second-order valence-electron chi connectivity index (χ2n) is 9.00. The Morgan fingerprint density at radius 3 is 2.35 bits per heavy atom. The number of carbonyl (C=O) groups excluding carboxylic acids is 2. The highest BCUT2D eigenvalue weighted by Gasteiger charge is 2.33. The molecule has 1 aliphatic heterocycles. The number of halogens is 1. The first-order valence-electron chi connectivity index (χ1n) is 11.8. The summed E-state index contributed by atoms with van der Waals surface area (Å²) >= 11 is 0. The van der Waals surface area contributed by atoms with E-state index in [1.807, 2.05) is 0 Å². The zero-order chi connectivity index (χ0) is 24.1. The lowest BCUT2D eigenvalue weighted by Crippen LogP contribution is -2.43. The minimum atomic E-state index is -3.83. The monoisotopic (exact) mass is 487 g/mol. The van der Waals surface area contributed by atoms with Crippen LogP contribution in [0, 0.1) is 11.7 Å². The first kappa shape index (κ1) is 24.3. The summed E-state index contributed by atoms with van der Waals surface area (Å²) in [7, 11) is -3.83. The van der Waals surface area contributed by atoms with Crippen molar-refractivity contribution in [3.63, 3.8) is 0 Å². The maximum atomic E-state index is 13.2. The molecule has 2 aromatic carbocycles. The Bertz CT molecular complexity index is 1130. The number of para-hydroxylation sites is 1. The maximum absolute atomic E-state index is 13.2. The zero-order valence-corrected chi connectivity index (χ0v) is 19.8. The van der Waals surface area contributed by atoms with E-state index in [-0.39, 0.29) is 29.3 Å². The van der Waals surface area contributed by atoms with Gasteiger partial charge < -0.3 is 10.6 Å². The van der Waals surface area contributed by atoms with Crippen molar-refractivity contribution in [3.8, 4) is 0 Å². The third-order valence-corrected chi connectivity index (χ3v) is 8.46. The Morgan fingerprint density at radius 2 is 1.62 bits per heavy atom. The van der Waals surface area contributed by atoms with Crippen LogP contribution in [0.1, 0.15) is 55.3 Å². The molecule has 0 spiro atoms.